The van der Waals surface area contributed by atoms with Crippen molar-refractivity contribution in [3.63, 3.8) is 0 Å². The van der Waals surface area contributed by atoms with Crippen LogP contribution in [0.5, 0.6) is 17.2 Å². The number of nitrogens with zero attached hydrogens (tertiary/aromatic N) is 2. The number of phenolic OH excluding ortho intramolecular Hbond substituents is 1. The molecule has 0 fully saturated rings. The van der Waals surface area contributed by atoms with Crippen molar-refractivity contribution in [1.29, 1.82) is 0 Å². The fourth-order valence-corrected chi connectivity index (χ4v) is 4.98. The van der Waals surface area contributed by atoms with E-state index in [1.54, 1.807) is 60.7 Å². The molecule has 0 radical (unpaired) electrons. The fourth-order valence-electron chi connectivity index (χ4n) is 4.72. The zero-order valence-electron chi connectivity index (χ0n) is 21.0. The summed E-state index contributed by atoms with van der Waals surface area (Å²) >= 11 is 3.37. The number of phenols is 1. The van der Waals surface area contributed by atoms with Gasteiger partial charge in [-0.1, -0.05) is 40.2 Å². The minimum atomic E-state index is -1.51. The molecule has 4 aromatic carbocycles. The summed E-state index contributed by atoms with van der Waals surface area (Å²) in [5.74, 6) is -2.80. The highest BCUT2D eigenvalue weighted by molar-refractivity contribution is 9.10. The first-order valence-electron chi connectivity index (χ1n) is 12.3. The van der Waals surface area contributed by atoms with Crippen molar-refractivity contribution in [2.75, 3.05) is 0 Å². The number of fused-ring (bicyclic) bond motifs is 2. The first kappa shape index (κ1) is 26.0. The average Bonchev–Trinajstić information content (AvgIpc) is 2.97. The molecule has 0 bridgehead atoms. The maximum atomic E-state index is 13.4. The number of rotatable bonds is 5. The Labute approximate surface area is 239 Å². The van der Waals surface area contributed by atoms with Gasteiger partial charge in [-0.2, -0.15) is 10.2 Å². The molecule has 6 rings (SSSR count). The van der Waals surface area contributed by atoms with Crippen LogP contribution < -0.4 is 11.3 Å². The Morgan fingerprint density at radius 3 is 1.68 bits per heavy atom. The summed E-state index contributed by atoms with van der Waals surface area (Å²) < 4.78 is 11.9. The minimum absolute atomic E-state index is 0.0204. The highest BCUT2D eigenvalue weighted by Gasteiger charge is 2.34. The Morgan fingerprint density at radius 2 is 1.12 bits per heavy atom. The van der Waals surface area contributed by atoms with E-state index in [-0.39, 0.29) is 50.1 Å². The lowest BCUT2D eigenvalue weighted by molar-refractivity contribution is 0.435. The normalized spacial score (nSPS) is 11.7. The lowest BCUT2D eigenvalue weighted by atomic mass is 9.84. The van der Waals surface area contributed by atoms with Crippen molar-refractivity contribution in [2.45, 2.75) is 5.92 Å². The zero-order valence-corrected chi connectivity index (χ0v) is 22.6. The fraction of sp³-hybridized carbons (Fsp3) is 0.0323. The van der Waals surface area contributed by atoms with Gasteiger partial charge in [0, 0.05) is 10.0 Å². The lowest BCUT2D eigenvalue weighted by Crippen LogP contribution is -2.21. The van der Waals surface area contributed by atoms with Crippen LogP contribution in [0.2, 0.25) is 0 Å². The number of benzene rings is 4. The van der Waals surface area contributed by atoms with Gasteiger partial charge in [0.05, 0.1) is 39.2 Å². The number of halogens is 1. The molecule has 6 aromatic rings. The SMILES string of the molecule is O=c1oc2ccccc2c(O)c1C(c1cc(N=Nc2ccc(Br)cc2)ccc1O)c1c(O)c2ccccc2oc1=O. The van der Waals surface area contributed by atoms with Crippen LogP contribution in [0.4, 0.5) is 11.4 Å². The number of para-hydroxylation sites is 2. The highest BCUT2D eigenvalue weighted by atomic mass is 79.9. The molecule has 0 aliphatic carbocycles. The van der Waals surface area contributed by atoms with Crippen molar-refractivity contribution < 1.29 is 24.2 Å². The van der Waals surface area contributed by atoms with Crippen molar-refractivity contribution >= 4 is 49.2 Å². The molecule has 0 amide bonds. The topological polar surface area (TPSA) is 146 Å². The summed E-state index contributed by atoms with van der Waals surface area (Å²) in [6, 6.07) is 24.0. The van der Waals surface area contributed by atoms with E-state index in [2.05, 4.69) is 26.2 Å². The van der Waals surface area contributed by atoms with E-state index >= 15 is 0 Å². The number of hydrogen-bond donors (Lipinski definition) is 3. The second-order valence-corrected chi connectivity index (χ2v) is 10.1. The average molecular weight is 611 g/mol. The van der Waals surface area contributed by atoms with E-state index in [0.29, 0.717) is 5.69 Å². The largest absolute Gasteiger partial charge is 0.508 e. The second-order valence-electron chi connectivity index (χ2n) is 9.15. The van der Waals surface area contributed by atoms with E-state index in [9.17, 15) is 24.9 Å². The predicted octanol–water partition coefficient (Wildman–Crippen LogP) is 7.37. The summed E-state index contributed by atoms with van der Waals surface area (Å²) in [6.07, 6.45) is 0. The zero-order chi connectivity index (χ0) is 28.7. The molecule has 0 unspecified atom stereocenters. The van der Waals surface area contributed by atoms with E-state index < -0.39 is 28.7 Å². The Balaban J connectivity index is 1.63. The Hall–Kier alpha value is -5.22. The third-order valence-corrected chi connectivity index (χ3v) is 7.18. The quantitative estimate of drug-likeness (QED) is 0.136. The van der Waals surface area contributed by atoms with Gasteiger partial charge in [0.25, 0.3) is 0 Å². The van der Waals surface area contributed by atoms with Crippen LogP contribution in [0.25, 0.3) is 21.9 Å². The van der Waals surface area contributed by atoms with Gasteiger partial charge >= 0.3 is 11.3 Å². The molecule has 0 spiro atoms. The molecule has 41 heavy (non-hydrogen) atoms. The maximum absolute atomic E-state index is 13.4. The highest BCUT2D eigenvalue weighted by Crippen LogP contribution is 2.45. The van der Waals surface area contributed by atoms with Crippen LogP contribution in [0.3, 0.4) is 0 Å². The third-order valence-electron chi connectivity index (χ3n) is 6.65. The van der Waals surface area contributed by atoms with Crippen molar-refractivity contribution in [3.05, 3.63) is 133 Å². The van der Waals surface area contributed by atoms with Crippen molar-refractivity contribution in [2.24, 2.45) is 10.2 Å². The summed E-state index contributed by atoms with van der Waals surface area (Å²) in [5.41, 5.74) is -1.66. The summed E-state index contributed by atoms with van der Waals surface area (Å²) in [4.78, 5) is 26.8. The number of azo groups is 1. The summed E-state index contributed by atoms with van der Waals surface area (Å²) in [5, 5.41) is 42.6. The van der Waals surface area contributed by atoms with E-state index in [1.807, 2.05) is 0 Å². The molecule has 2 heterocycles. The molecular formula is C31H19BrN2O7. The summed E-state index contributed by atoms with van der Waals surface area (Å²) in [6.45, 7) is 0. The molecule has 3 N–H and O–H groups in total. The number of hydrogen-bond acceptors (Lipinski definition) is 9. The molecule has 202 valence electrons. The molecule has 2 aromatic heterocycles. The maximum Gasteiger partial charge on any atom is 0.344 e. The monoisotopic (exact) mass is 610 g/mol. The van der Waals surface area contributed by atoms with Gasteiger partial charge in [-0.3, -0.25) is 0 Å². The van der Waals surface area contributed by atoms with Gasteiger partial charge in [0.15, 0.2) is 0 Å². The summed E-state index contributed by atoms with van der Waals surface area (Å²) in [7, 11) is 0. The van der Waals surface area contributed by atoms with Gasteiger partial charge < -0.3 is 24.2 Å². The second kappa shape index (κ2) is 10.4. The van der Waals surface area contributed by atoms with Crippen LogP contribution >= 0.6 is 15.9 Å². The third kappa shape index (κ3) is 4.74. The molecule has 0 atom stereocenters. The van der Waals surface area contributed by atoms with Gasteiger partial charge in [-0.05, 0) is 66.7 Å². The smallest absolute Gasteiger partial charge is 0.344 e. The molecule has 0 saturated carbocycles. The Bertz CT molecular complexity index is 2000. The van der Waals surface area contributed by atoms with Crippen LogP contribution in [-0.2, 0) is 0 Å². The standard InChI is InChI=1S/C31H19BrN2O7/c32-16-9-11-17(12-10-16)33-34-18-13-14-22(35)21(15-18)25(26-28(36)19-5-1-3-7-23(19)40-30(26)38)27-29(37)20-6-2-4-8-24(20)41-31(27)39/h1-15,25,35-37H. The van der Waals surface area contributed by atoms with Crippen LogP contribution in [0, 0.1) is 0 Å². The van der Waals surface area contributed by atoms with Crippen LogP contribution in [0.15, 0.2) is 124 Å². The van der Waals surface area contributed by atoms with Crippen LogP contribution in [-0.4, -0.2) is 15.3 Å². The Kier molecular flexibility index (Phi) is 6.60. The van der Waals surface area contributed by atoms with Crippen molar-refractivity contribution in [1.82, 2.24) is 0 Å². The minimum Gasteiger partial charge on any atom is -0.508 e. The molecule has 10 heteroatoms. The predicted molar refractivity (Wildman–Crippen MR) is 156 cm³/mol. The molecular weight excluding hydrogens is 592 g/mol. The first-order chi connectivity index (χ1) is 19.8. The van der Waals surface area contributed by atoms with Gasteiger partial charge in [-0.25, -0.2) is 9.59 Å². The molecule has 9 nitrogen and oxygen atoms in total. The van der Waals surface area contributed by atoms with Crippen molar-refractivity contribution in [3.8, 4) is 17.2 Å². The van der Waals surface area contributed by atoms with E-state index in [1.165, 1.54) is 30.3 Å². The van der Waals surface area contributed by atoms with Gasteiger partial charge in [-0.15, -0.1) is 0 Å². The molecule has 0 saturated heterocycles. The Morgan fingerprint density at radius 1 is 0.634 bits per heavy atom. The molecule has 0 aliphatic rings. The van der Waals surface area contributed by atoms with Gasteiger partial charge in [0.2, 0.25) is 0 Å². The lowest BCUT2D eigenvalue weighted by Gasteiger charge is -2.20. The first-order valence-corrected chi connectivity index (χ1v) is 13.1. The van der Waals surface area contributed by atoms with Gasteiger partial charge in [0.1, 0.15) is 28.4 Å². The van der Waals surface area contributed by atoms with Crippen LogP contribution in [0.1, 0.15) is 22.6 Å². The van der Waals surface area contributed by atoms with E-state index in [0.717, 1.165) is 4.47 Å². The molecule has 0 aliphatic heterocycles. The number of aromatic hydroxyl groups is 3. The van der Waals surface area contributed by atoms with E-state index in [4.69, 9.17) is 8.83 Å².